The average Bonchev–Trinajstić information content (AvgIpc) is 2.46. The molecule has 1 aliphatic heterocycles. The van der Waals surface area contributed by atoms with E-state index in [1.54, 1.807) is 13.0 Å². The summed E-state index contributed by atoms with van der Waals surface area (Å²) in [5.74, 6) is -0.319. The normalized spacial score (nSPS) is 14.0. The fourth-order valence-electron chi connectivity index (χ4n) is 2.71. The quantitative estimate of drug-likeness (QED) is 0.777. The second kappa shape index (κ2) is 5.08. The van der Waals surface area contributed by atoms with E-state index in [-0.39, 0.29) is 11.7 Å². The van der Waals surface area contributed by atoms with Crippen molar-refractivity contribution in [2.45, 2.75) is 19.9 Å². The molecular formula is C17H16FNO. The van der Waals surface area contributed by atoms with Gasteiger partial charge in [-0.05, 0) is 48.2 Å². The Balaban J connectivity index is 1.86. The van der Waals surface area contributed by atoms with Crippen LogP contribution in [0.25, 0.3) is 0 Å². The number of rotatable bonds is 1. The molecule has 0 saturated carbocycles. The Kier molecular flexibility index (Phi) is 3.26. The Morgan fingerprint density at radius 1 is 1.15 bits per heavy atom. The summed E-state index contributed by atoms with van der Waals surface area (Å²) in [6.45, 7) is 3.12. The number of hydrogen-bond acceptors (Lipinski definition) is 1. The lowest BCUT2D eigenvalue weighted by atomic mass is 9.98. The van der Waals surface area contributed by atoms with Crippen molar-refractivity contribution in [3.8, 4) is 0 Å². The first-order chi connectivity index (χ1) is 9.65. The van der Waals surface area contributed by atoms with Gasteiger partial charge in [-0.1, -0.05) is 24.3 Å². The lowest BCUT2D eigenvalue weighted by Crippen LogP contribution is -2.36. The van der Waals surface area contributed by atoms with E-state index in [1.807, 2.05) is 17.0 Å². The zero-order chi connectivity index (χ0) is 14.1. The van der Waals surface area contributed by atoms with Crippen LogP contribution in [-0.4, -0.2) is 17.4 Å². The zero-order valence-corrected chi connectivity index (χ0v) is 11.4. The Morgan fingerprint density at radius 3 is 2.65 bits per heavy atom. The van der Waals surface area contributed by atoms with Gasteiger partial charge in [-0.3, -0.25) is 4.79 Å². The molecule has 3 rings (SSSR count). The number of amides is 1. The summed E-state index contributed by atoms with van der Waals surface area (Å²) in [6.07, 6.45) is 0.877. The third-order valence-electron chi connectivity index (χ3n) is 3.84. The number of hydrogen-bond donors (Lipinski definition) is 0. The van der Waals surface area contributed by atoms with E-state index >= 15 is 0 Å². The number of aryl methyl sites for hydroxylation is 1. The van der Waals surface area contributed by atoms with Crippen molar-refractivity contribution in [1.29, 1.82) is 0 Å². The third kappa shape index (κ3) is 2.31. The number of carbonyl (C=O) groups is 1. The first-order valence-corrected chi connectivity index (χ1v) is 6.77. The van der Waals surface area contributed by atoms with Crippen LogP contribution in [0.15, 0.2) is 42.5 Å². The van der Waals surface area contributed by atoms with Crippen molar-refractivity contribution >= 4 is 5.91 Å². The average molecular weight is 269 g/mol. The van der Waals surface area contributed by atoms with E-state index in [4.69, 9.17) is 0 Å². The maximum absolute atomic E-state index is 13.1. The summed E-state index contributed by atoms with van der Waals surface area (Å²) < 4.78 is 13.1. The van der Waals surface area contributed by atoms with Crippen LogP contribution in [0, 0.1) is 12.7 Å². The Bertz CT molecular complexity index is 666. The zero-order valence-electron chi connectivity index (χ0n) is 11.4. The number of halogens is 1. The molecule has 2 nitrogen and oxygen atoms in total. The summed E-state index contributed by atoms with van der Waals surface area (Å²) in [4.78, 5) is 14.4. The minimum atomic E-state index is -0.303. The molecule has 0 spiro atoms. The van der Waals surface area contributed by atoms with E-state index in [9.17, 15) is 9.18 Å². The molecule has 2 aromatic carbocycles. The van der Waals surface area contributed by atoms with Crippen molar-refractivity contribution in [3.63, 3.8) is 0 Å². The topological polar surface area (TPSA) is 20.3 Å². The van der Waals surface area contributed by atoms with Gasteiger partial charge in [-0.2, -0.15) is 0 Å². The van der Waals surface area contributed by atoms with Gasteiger partial charge in [0.05, 0.1) is 0 Å². The minimum Gasteiger partial charge on any atom is -0.334 e. The van der Waals surface area contributed by atoms with Crippen LogP contribution < -0.4 is 0 Å². The van der Waals surface area contributed by atoms with Crippen LogP contribution in [0.3, 0.4) is 0 Å². The van der Waals surface area contributed by atoms with Crippen molar-refractivity contribution in [2.24, 2.45) is 0 Å². The van der Waals surface area contributed by atoms with E-state index in [0.29, 0.717) is 24.2 Å². The summed E-state index contributed by atoms with van der Waals surface area (Å²) in [7, 11) is 0. The highest BCUT2D eigenvalue weighted by atomic mass is 19.1. The highest BCUT2D eigenvalue weighted by molar-refractivity contribution is 5.95. The molecule has 0 atom stereocenters. The largest absolute Gasteiger partial charge is 0.334 e. The first-order valence-electron chi connectivity index (χ1n) is 6.77. The van der Waals surface area contributed by atoms with Gasteiger partial charge < -0.3 is 4.90 Å². The Labute approximate surface area is 117 Å². The fraction of sp³-hybridized carbons (Fsp3) is 0.235. The fourth-order valence-corrected chi connectivity index (χ4v) is 2.71. The van der Waals surface area contributed by atoms with Gasteiger partial charge >= 0.3 is 0 Å². The van der Waals surface area contributed by atoms with Crippen LogP contribution >= 0.6 is 0 Å². The maximum Gasteiger partial charge on any atom is 0.254 e. The number of carbonyl (C=O) groups excluding carboxylic acids is 1. The van der Waals surface area contributed by atoms with Crippen molar-refractivity contribution < 1.29 is 9.18 Å². The predicted molar refractivity (Wildman–Crippen MR) is 76.0 cm³/mol. The summed E-state index contributed by atoms with van der Waals surface area (Å²) in [6, 6.07) is 12.5. The lowest BCUT2D eigenvalue weighted by Gasteiger charge is -2.29. The van der Waals surface area contributed by atoms with Gasteiger partial charge in [-0.15, -0.1) is 0 Å². The molecule has 0 unspecified atom stereocenters. The van der Waals surface area contributed by atoms with Gasteiger partial charge in [-0.25, -0.2) is 4.39 Å². The molecule has 1 aliphatic rings. The molecule has 0 saturated heterocycles. The van der Waals surface area contributed by atoms with Gasteiger partial charge in [0.1, 0.15) is 5.82 Å². The molecule has 0 bridgehead atoms. The molecule has 0 aromatic heterocycles. The standard InChI is InChI=1S/C17H16FNO/c1-12-10-15(18)6-7-16(12)17(20)19-9-8-13-4-2-3-5-14(13)11-19/h2-7,10H,8-9,11H2,1H3. The van der Waals surface area contributed by atoms with Crippen LogP contribution in [0.5, 0.6) is 0 Å². The van der Waals surface area contributed by atoms with E-state index in [1.165, 1.54) is 23.3 Å². The first kappa shape index (κ1) is 12.9. The molecule has 0 aliphatic carbocycles. The third-order valence-corrected chi connectivity index (χ3v) is 3.84. The second-order valence-electron chi connectivity index (χ2n) is 5.20. The number of benzene rings is 2. The van der Waals surface area contributed by atoms with Crippen LogP contribution in [-0.2, 0) is 13.0 Å². The van der Waals surface area contributed by atoms with Gasteiger partial charge in [0, 0.05) is 18.7 Å². The predicted octanol–water partition coefficient (Wildman–Crippen LogP) is 3.33. The molecule has 2 aromatic rings. The van der Waals surface area contributed by atoms with E-state index in [2.05, 4.69) is 12.1 Å². The molecule has 1 amide bonds. The highest BCUT2D eigenvalue weighted by Crippen LogP contribution is 2.21. The van der Waals surface area contributed by atoms with Crippen molar-refractivity contribution in [1.82, 2.24) is 4.90 Å². The van der Waals surface area contributed by atoms with Gasteiger partial charge in [0.25, 0.3) is 5.91 Å². The second-order valence-corrected chi connectivity index (χ2v) is 5.20. The Hall–Kier alpha value is -2.16. The number of nitrogens with zero attached hydrogens (tertiary/aromatic N) is 1. The summed E-state index contributed by atoms with van der Waals surface area (Å²) in [5, 5.41) is 0. The number of fused-ring (bicyclic) bond motifs is 1. The molecule has 1 heterocycles. The van der Waals surface area contributed by atoms with Crippen LogP contribution in [0.2, 0.25) is 0 Å². The molecule has 102 valence electrons. The maximum atomic E-state index is 13.1. The van der Waals surface area contributed by atoms with Crippen LogP contribution in [0.4, 0.5) is 4.39 Å². The lowest BCUT2D eigenvalue weighted by molar-refractivity contribution is 0.0734. The molecule has 0 N–H and O–H groups in total. The SMILES string of the molecule is Cc1cc(F)ccc1C(=O)N1CCc2ccccc2C1. The molecule has 3 heteroatoms. The highest BCUT2D eigenvalue weighted by Gasteiger charge is 2.22. The van der Waals surface area contributed by atoms with Crippen molar-refractivity contribution in [2.75, 3.05) is 6.54 Å². The van der Waals surface area contributed by atoms with Crippen molar-refractivity contribution in [3.05, 3.63) is 70.5 Å². The van der Waals surface area contributed by atoms with Crippen LogP contribution in [0.1, 0.15) is 27.0 Å². The molecule has 0 fully saturated rings. The van der Waals surface area contributed by atoms with Gasteiger partial charge in [0.2, 0.25) is 0 Å². The summed E-state index contributed by atoms with van der Waals surface area (Å²) in [5.41, 5.74) is 3.79. The van der Waals surface area contributed by atoms with E-state index < -0.39 is 0 Å². The van der Waals surface area contributed by atoms with E-state index in [0.717, 1.165) is 6.42 Å². The molecule has 20 heavy (non-hydrogen) atoms. The smallest absolute Gasteiger partial charge is 0.254 e. The summed E-state index contributed by atoms with van der Waals surface area (Å²) >= 11 is 0. The Morgan fingerprint density at radius 2 is 1.90 bits per heavy atom. The van der Waals surface area contributed by atoms with Gasteiger partial charge in [0.15, 0.2) is 0 Å². The monoisotopic (exact) mass is 269 g/mol. The molecule has 0 radical (unpaired) electrons. The minimum absolute atomic E-state index is 0.0167. The molecular weight excluding hydrogens is 253 g/mol.